The molecule has 1 heterocycles. The van der Waals surface area contributed by atoms with Gasteiger partial charge in [0.2, 0.25) is 0 Å². The summed E-state index contributed by atoms with van der Waals surface area (Å²) in [6, 6.07) is 4.94. The Morgan fingerprint density at radius 2 is 1.83 bits per heavy atom. The number of halogens is 1. The Morgan fingerprint density at radius 1 is 1.17 bits per heavy atom. The molecule has 1 N–H and O–H groups in total. The number of amides is 1. The summed E-state index contributed by atoms with van der Waals surface area (Å²) in [5, 5.41) is 23.8. The van der Waals surface area contributed by atoms with Gasteiger partial charge in [-0.3, -0.25) is 30.0 Å². The molecule has 9 nitrogen and oxygen atoms in total. The topological polar surface area (TPSA) is 128 Å². The summed E-state index contributed by atoms with van der Waals surface area (Å²) in [6.45, 7) is 0.119. The van der Waals surface area contributed by atoms with Gasteiger partial charge in [-0.15, -0.1) is 0 Å². The van der Waals surface area contributed by atoms with Crippen LogP contribution >= 0.6 is 11.6 Å². The van der Waals surface area contributed by atoms with Crippen molar-refractivity contribution in [2.45, 2.75) is 6.54 Å². The molecule has 0 aliphatic heterocycles. The van der Waals surface area contributed by atoms with Gasteiger partial charge in [-0.05, 0) is 17.7 Å². The molecule has 1 aromatic carbocycles. The number of carbonyl (C=O) groups excluding carboxylic acids is 1. The first-order valence-corrected chi connectivity index (χ1v) is 6.57. The monoisotopic (exact) mass is 336 g/mol. The SMILES string of the molecule is O=C(NCc1ccncc1)c1cc([N+](=O)[O-])cc([N+](=O)[O-])c1Cl. The van der Waals surface area contributed by atoms with Crippen molar-refractivity contribution in [3.8, 4) is 0 Å². The predicted molar refractivity (Wildman–Crippen MR) is 80.2 cm³/mol. The fourth-order valence-electron chi connectivity index (χ4n) is 1.78. The summed E-state index contributed by atoms with van der Waals surface area (Å²) in [5.41, 5.74) is -0.879. The average molecular weight is 337 g/mol. The van der Waals surface area contributed by atoms with Crippen molar-refractivity contribution in [3.63, 3.8) is 0 Å². The zero-order chi connectivity index (χ0) is 17.0. The maximum Gasteiger partial charge on any atom is 0.295 e. The first-order valence-electron chi connectivity index (χ1n) is 6.19. The molecule has 0 atom stereocenters. The third-order valence-electron chi connectivity index (χ3n) is 2.89. The molecule has 23 heavy (non-hydrogen) atoms. The maximum atomic E-state index is 12.1. The highest BCUT2D eigenvalue weighted by atomic mass is 35.5. The van der Waals surface area contributed by atoms with Crippen molar-refractivity contribution in [1.82, 2.24) is 10.3 Å². The molecular formula is C13H9ClN4O5. The van der Waals surface area contributed by atoms with Crippen molar-refractivity contribution in [2.75, 3.05) is 0 Å². The lowest BCUT2D eigenvalue weighted by atomic mass is 10.1. The van der Waals surface area contributed by atoms with Gasteiger partial charge < -0.3 is 5.32 Å². The van der Waals surface area contributed by atoms with Crippen LogP contribution in [0.5, 0.6) is 0 Å². The number of rotatable bonds is 5. The van der Waals surface area contributed by atoms with E-state index in [-0.39, 0.29) is 12.1 Å². The first-order chi connectivity index (χ1) is 10.9. The van der Waals surface area contributed by atoms with Gasteiger partial charge in [-0.2, -0.15) is 0 Å². The molecule has 0 bridgehead atoms. The Hall–Kier alpha value is -3.07. The van der Waals surface area contributed by atoms with E-state index >= 15 is 0 Å². The Kier molecular flexibility index (Phi) is 4.82. The van der Waals surface area contributed by atoms with Crippen molar-refractivity contribution < 1.29 is 14.6 Å². The van der Waals surface area contributed by atoms with E-state index in [1.54, 1.807) is 12.1 Å². The van der Waals surface area contributed by atoms with Crippen LogP contribution in [0.4, 0.5) is 11.4 Å². The van der Waals surface area contributed by atoms with E-state index in [1.165, 1.54) is 12.4 Å². The molecule has 2 rings (SSSR count). The van der Waals surface area contributed by atoms with E-state index in [1.807, 2.05) is 0 Å². The van der Waals surface area contributed by atoms with E-state index in [0.717, 1.165) is 11.6 Å². The molecule has 2 aromatic rings. The highest BCUT2D eigenvalue weighted by Gasteiger charge is 2.26. The maximum absolute atomic E-state index is 12.1. The molecule has 0 unspecified atom stereocenters. The van der Waals surface area contributed by atoms with E-state index in [2.05, 4.69) is 10.3 Å². The standard InChI is InChI=1S/C13H9ClN4O5/c14-12-10(5-9(17(20)21)6-11(12)18(22)23)13(19)16-7-8-1-3-15-4-2-8/h1-6H,7H2,(H,16,19). The van der Waals surface area contributed by atoms with Gasteiger partial charge in [0.15, 0.2) is 0 Å². The first kappa shape index (κ1) is 16.3. The van der Waals surface area contributed by atoms with Crippen LogP contribution in [0, 0.1) is 20.2 Å². The largest absolute Gasteiger partial charge is 0.348 e. The second-order valence-corrected chi connectivity index (χ2v) is 4.76. The zero-order valence-electron chi connectivity index (χ0n) is 11.4. The lowest BCUT2D eigenvalue weighted by molar-refractivity contribution is -0.394. The van der Waals surface area contributed by atoms with Crippen LogP contribution in [0.25, 0.3) is 0 Å². The lowest BCUT2D eigenvalue weighted by Crippen LogP contribution is -2.23. The van der Waals surface area contributed by atoms with Crippen LogP contribution in [0.15, 0.2) is 36.7 Å². The summed E-state index contributed by atoms with van der Waals surface area (Å²) in [7, 11) is 0. The number of nitro groups is 2. The van der Waals surface area contributed by atoms with E-state index in [9.17, 15) is 25.0 Å². The van der Waals surface area contributed by atoms with Crippen LogP contribution in [0.1, 0.15) is 15.9 Å². The highest BCUT2D eigenvalue weighted by molar-refractivity contribution is 6.36. The quantitative estimate of drug-likeness (QED) is 0.659. The number of nitrogens with one attached hydrogen (secondary N) is 1. The van der Waals surface area contributed by atoms with Gasteiger partial charge >= 0.3 is 0 Å². The number of pyridine rings is 1. The van der Waals surface area contributed by atoms with Gasteiger partial charge in [0, 0.05) is 25.0 Å². The third-order valence-corrected chi connectivity index (χ3v) is 3.29. The van der Waals surface area contributed by atoms with Gasteiger partial charge in [0.25, 0.3) is 17.3 Å². The van der Waals surface area contributed by atoms with Gasteiger partial charge in [-0.1, -0.05) is 11.6 Å². The van der Waals surface area contributed by atoms with E-state index in [0.29, 0.717) is 6.07 Å². The molecule has 1 aromatic heterocycles. The second kappa shape index (κ2) is 6.79. The van der Waals surface area contributed by atoms with Crippen molar-refractivity contribution in [3.05, 3.63) is 73.0 Å². The summed E-state index contributed by atoms with van der Waals surface area (Å²) >= 11 is 5.82. The molecule has 1 amide bonds. The molecule has 0 saturated heterocycles. The van der Waals surface area contributed by atoms with Crippen LogP contribution in [-0.2, 0) is 6.54 Å². The number of nitro benzene ring substituents is 2. The summed E-state index contributed by atoms with van der Waals surface area (Å²) in [5.74, 6) is -0.751. The molecule has 10 heteroatoms. The molecule has 0 spiro atoms. The molecule has 0 saturated carbocycles. The number of benzene rings is 1. The number of aromatic nitrogens is 1. The summed E-state index contributed by atoms with van der Waals surface area (Å²) in [6.07, 6.45) is 3.07. The van der Waals surface area contributed by atoms with Crippen LogP contribution < -0.4 is 5.32 Å². The van der Waals surface area contributed by atoms with Gasteiger partial charge in [0.1, 0.15) is 5.02 Å². The highest BCUT2D eigenvalue weighted by Crippen LogP contribution is 2.32. The molecule has 0 aliphatic rings. The number of non-ortho nitro benzene ring substituents is 1. The number of hydrogen-bond donors (Lipinski definition) is 1. The fourth-order valence-corrected chi connectivity index (χ4v) is 2.04. The number of carbonyl (C=O) groups is 1. The normalized spacial score (nSPS) is 10.1. The Bertz CT molecular complexity index is 781. The molecule has 0 aliphatic carbocycles. The fraction of sp³-hybridized carbons (Fsp3) is 0.0769. The smallest absolute Gasteiger partial charge is 0.295 e. The van der Waals surface area contributed by atoms with Crippen LogP contribution in [0.2, 0.25) is 5.02 Å². The second-order valence-electron chi connectivity index (χ2n) is 4.38. The van der Waals surface area contributed by atoms with Crippen LogP contribution in [-0.4, -0.2) is 20.7 Å². The van der Waals surface area contributed by atoms with Crippen molar-refractivity contribution in [1.29, 1.82) is 0 Å². The van der Waals surface area contributed by atoms with E-state index in [4.69, 9.17) is 11.6 Å². The average Bonchev–Trinajstić information content (AvgIpc) is 2.53. The summed E-state index contributed by atoms with van der Waals surface area (Å²) in [4.78, 5) is 36.0. The molecule has 0 radical (unpaired) electrons. The van der Waals surface area contributed by atoms with Crippen molar-refractivity contribution in [2.24, 2.45) is 0 Å². The lowest BCUT2D eigenvalue weighted by Gasteiger charge is -2.07. The third kappa shape index (κ3) is 3.77. The predicted octanol–water partition coefficient (Wildman–Crippen LogP) is 2.48. The molecular weight excluding hydrogens is 328 g/mol. The van der Waals surface area contributed by atoms with E-state index < -0.39 is 32.2 Å². The Labute approximate surface area is 134 Å². The molecule has 118 valence electrons. The molecule has 0 fully saturated rings. The minimum absolute atomic E-state index is 0.119. The van der Waals surface area contributed by atoms with Crippen molar-refractivity contribution >= 4 is 28.9 Å². The Balaban J connectivity index is 2.31. The van der Waals surface area contributed by atoms with Gasteiger partial charge in [0.05, 0.1) is 21.5 Å². The minimum Gasteiger partial charge on any atom is -0.348 e. The minimum atomic E-state index is -0.880. The van der Waals surface area contributed by atoms with Gasteiger partial charge in [-0.25, -0.2) is 0 Å². The zero-order valence-corrected chi connectivity index (χ0v) is 12.2. The Morgan fingerprint density at radius 3 is 2.39 bits per heavy atom. The van der Waals surface area contributed by atoms with Crippen LogP contribution in [0.3, 0.4) is 0 Å². The number of nitrogens with zero attached hydrogens (tertiary/aromatic N) is 3. The summed E-state index contributed by atoms with van der Waals surface area (Å²) < 4.78 is 0. The number of hydrogen-bond acceptors (Lipinski definition) is 6.